The summed E-state index contributed by atoms with van der Waals surface area (Å²) in [6, 6.07) is 8.00. The Kier molecular flexibility index (Phi) is 4.02. The van der Waals surface area contributed by atoms with Crippen LogP contribution in [0.1, 0.15) is 12.7 Å². The van der Waals surface area contributed by atoms with Crippen molar-refractivity contribution in [2.24, 2.45) is 0 Å². The van der Waals surface area contributed by atoms with Crippen molar-refractivity contribution in [1.29, 1.82) is 0 Å². The van der Waals surface area contributed by atoms with Crippen molar-refractivity contribution in [3.63, 3.8) is 0 Å². The van der Waals surface area contributed by atoms with Crippen molar-refractivity contribution >= 4 is 21.2 Å². The minimum Gasteiger partial charge on any atom is -0.495 e. The number of nitrogens with zero attached hydrogens (tertiary/aromatic N) is 2. The second-order valence-electron chi connectivity index (χ2n) is 5.06. The van der Waals surface area contributed by atoms with Gasteiger partial charge < -0.3 is 4.74 Å². The van der Waals surface area contributed by atoms with Gasteiger partial charge in [-0.25, -0.2) is 13.5 Å². The Labute approximate surface area is 138 Å². The first-order valence-electron chi connectivity index (χ1n) is 7.21. The number of hydrogen-bond donors (Lipinski definition) is 2. The van der Waals surface area contributed by atoms with E-state index in [0.717, 1.165) is 0 Å². The van der Waals surface area contributed by atoms with Crippen molar-refractivity contribution in [2.75, 3.05) is 11.8 Å². The van der Waals surface area contributed by atoms with Crippen LogP contribution in [-0.4, -0.2) is 30.1 Å². The smallest absolute Gasteiger partial charge is 0.288 e. The summed E-state index contributed by atoms with van der Waals surface area (Å²) in [5.74, 6) is 0.960. The molecule has 8 nitrogen and oxygen atoms in total. The fourth-order valence-corrected chi connectivity index (χ4v) is 3.47. The monoisotopic (exact) mass is 348 g/mol. The van der Waals surface area contributed by atoms with E-state index < -0.39 is 15.6 Å². The highest BCUT2D eigenvalue weighted by Crippen LogP contribution is 2.26. The molecule has 0 aliphatic rings. The number of ether oxygens (including phenoxy) is 1. The van der Waals surface area contributed by atoms with E-state index in [1.807, 2.05) is 6.92 Å². The summed E-state index contributed by atoms with van der Waals surface area (Å²) in [5, 5.41) is 6.29. The van der Waals surface area contributed by atoms with Crippen LogP contribution >= 0.6 is 0 Å². The van der Waals surface area contributed by atoms with Crippen LogP contribution in [0.4, 0.5) is 5.69 Å². The quantitative estimate of drug-likeness (QED) is 0.725. The molecular formula is C15H16N4O4S. The molecule has 9 heteroatoms. The normalized spacial score (nSPS) is 11.6. The number of H-pyrrole nitrogens is 1. The van der Waals surface area contributed by atoms with Crippen LogP contribution < -0.4 is 15.0 Å². The molecule has 0 unspecified atom stereocenters. The molecule has 2 aromatic heterocycles. The number of benzene rings is 1. The largest absolute Gasteiger partial charge is 0.495 e. The number of aromatic amines is 1. The van der Waals surface area contributed by atoms with E-state index in [9.17, 15) is 13.2 Å². The van der Waals surface area contributed by atoms with Gasteiger partial charge >= 0.3 is 0 Å². The molecule has 0 bridgehead atoms. The second kappa shape index (κ2) is 6.00. The summed E-state index contributed by atoms with van der Waals surface area (Å²) in [5.41, 5.74) is 0.0891. The van der Waals surface area contributed by atoms with Gasteiger partial charge in [-0.15, -0.1) is 0 Å². The van der Waals surface area contributed by atoms with Gasteiger partial charge in [0.2, 0.25) is 0 Å². The third kappa shape index (κ3) is 2.73. The maximum atomic E-state index is 12.6. The van der Waals surface area contributed by atoms with Crippen molar-refractivity contribution < 1.29 is 13.2 Å². The molecule has 0 saturated carbocycles. The molecule has 24 heavy (non-hydrogen) atoms. The first kappa shape index (κ1) is 16.1. The maximum Gasteiger partial charge on any atom is 0.288 e. The van der Waals surface area contributed by atoms with E-state index >= 15 is 0 Å². The predicted octanol–water partition coefficient (Wildman–Crippen LogP) is 1.39. The lowest BCUT2D eigenvalue weighted by Gasteiger charge is -2.10. The molecule has 0 amide bonds. The number of nitrogens with one attached hydrogen (secondary N) is 2. The Morgan fingerprint density at radius 3 is 2.79 bits per heavy atom. The lowest BCUT2D eigenvalue weighted by molar-refractivity contribution is 0.417. The SMILES string of the molecule is CCc1n[nH]c(=O)c2cc(S(=O)(=O)Nc3ccccc3OC)cn12. The molecule has 0 radical (unpaired) electrons. The fraction of sp³-hybridized carbons (Fsp3) is 0.200. The van der Waals surface area contributed by atoms with Crippen LogP contribution in [-0.2, 0) is 16.4 Å². The molecule has 0 spiro atoms. The number of hydrogen-bond acceptors (Lipinski definition) is 5. The van der Waals surface area contributed by atoms with Crippen LogP contribution in [0.25, 0.3) is 5.52 Å². The van der Waals surface area contributed by atoms with E-state index in [-0.39, 0.29) is 10.4 Å². The molecule has 126 valence electrons. The molecule has 0 atom stereocenters. The molecule has 3 rings (SSSR count). The van der Waals surface area contributed by atoms with Crippen LogP contribution in [0.2, 0.25) is 0 Å². The van der Waals surface area contributed by atoms with Gasteiger partial charge in [-0.3, -0.25) is 13.9 Å². The highest BCUT2D eigenvalue weighted by molar-refractivity contribution is 7.92. The van der Waals surface area contributed by atoms with Crippen molar-refractivity contribution in [3.8, 4) is 5.75 Å². The van der Waals surface area contributed by atoms with Crippen LogP contribution in [0.3, 0.4) is 0 Å². The van der Waals surface area contributed by atoms with Gasteiger partial charge in [0.15, 0.2) is 0 Å². The average Bonchev–Trinajstić information content (AvgIpc) is 3.03. The summed E-state index contributed by atoms with van der Waals surface area (Å²) in [4.78, 5) is 11.8. The first-order chi connectivity index (χ1) is 11.5. The van der Waals surface area contributed by atoms with Gasteiger partial charge in [0.05, 0.1) is 12.8 Å². The lowest BCUT2D eigenvalue weighted by Crippen LogP contribution is -2.14. The molecule has 3 aromatic rings. The number of aromatic nitrogens is 3. The van der Waals surface area contributed by atoms with Gasteiger partial charge in [-0.1, -0.05) is 19.1 Å². The van der Waals surface area contributed by atoms with Crippen molar-refractivity contribution in [3.05, 3.63) is 52.7 Å². The third-order valence-corrected chi connectivity index (χ3v) is 4.90. The molecule has 0 saturated heterocycles. The molecular weight excluding hydrogens is 332 g/mol. The Morgan fingerprint density at radius 1 is 1.33 bits per heavy atom. The Hall–Kier alpha value is -2.81. The second-order valence-corrected chi connectivity index (χ2v) is 6.74. The Balaban J connectivity index is 2.09. The number of aryl methyl sites for hydroxylation is 1. The Bertz CT molecular complexity index is 1050. The molecule has 0 fully saturated rings. The Morgan fingerprint density at radius 2 is 2.08 bits per heavy atom. The zero-order chi connectivity index (χ0) is 17.3. The highest BCUT2D eigenvalue weighted by Gasteiger charge is 2.20. The van der Waals surface area contributed by atoms with Gasteiger partial charge in [-0.05, 0) is 18.2 Å². The lowest BCUT2D eigenvalue weighted by atomic mass is 10.3. The molecule has 2 N–H and O–H groups in total. The van der Waals surface area contributed by atoms with Gasteiger partial charge in [0, 0.05) is 12.6 Å². The van der Waals surface area contributed by atoms with E-state index in [4.69, 9.17) is 4.74 Å². The van der Waals surface area contributed by atoms with Crippen LogP contribution in [0.15, 0.2) is 46.2 Å². The molecule has 2 heterocycles. The summed E-state index contributed by atoms with van der Waals surface area (Å²) >= 11 is 0. The first-order valence-corrected chi connectivity index (χ1v) is 8.70. The fourth-order valence-electron chi connectivity index (χ4n) is 2.38. The topological polar surface area (TPSA) is 106 Å². The number of rotatable bonds is 5. The summed E-state index contributed by atoms with van der Waals surface area (Å²) in [6.07, 6.45) is 1.93. The summed E-state index contributed by atoms with van der Waals surface area (Å²) < 4.78 is 34.4. The average molecular weight is 348 g/mol. The number of fused-ring (bicyclic) bond motifs is 1. The molecule has 0 aliphatic carbocycles. The van der Waals surface area contributed by atoms with Crippen molar-refractivity contribution in [2.45, 2.75) is 18.2 Å². The van der Waals surface area contributed by atoms with Gasteiger partial charge in [0.25, 0.3) is 15.6 Å². The van der Waals surface area contributed by atoms with E-state index in [2.05, 4.69) is 14.9 Å². The number of anilines is 1. The van der Waals surface area contributed by atoms with E-state index in [1.165, 1.54) is 23.8 Å². The van der Waals surface area contributed by atoms with E-state index in [1.54, 1.807) is 24.3 Å². The number of para-hydroxylation sites is 2. The number of methoxy groups -OCH3 is 1. The molecule has 0 aliphatic heterocycles. The van der Waals surface area contributed by atoms with Crippen LogP contribution in [0.5, 0.6) is 5.75 Å². The highest BCUT2D eigenvalue weighted by atomic mass is 32.2. The van der Waals surface area contributed by atoms with Crippen molar-refractivity contribution in [1.82, 2.24) is 14.6 Å². The minimum atomic E-state index is -3.88. The zero-order valence-corrected chi connectivity index (χ0v) is 13.9. The maximum absolute atomic E-state index is 12.6. The minimum absolute atomic E-state index is 0.0263. The van der Waals surface area contributed by atoms with Crippen LogP contribution in [0, 0.1) is 0 Å². The predicted molar refractivity (Wildman–Crippen MR) is 89.0 cm³/mol. The molecule has 1 aromatic carbocycles. The number of sulfonamides is 1. The van der Waals surface area contributed by atoms with E-state index in [0.29, 0.717) is 23.7 Å². The zero-order valence-electron chi connectivity index (χ0n) is 13.1. The standard InChI is InChI=1S/C15H16N4O4S/c1-3-14-16-17-15(20)12-8-10(9-19(12)14)24(21,22)18-11-6-4-5-7-13(11)23-2/h4-9,18H,3H2,1-2H3,(H,17,20). The van der Waals surface area contributed by atoms with Gasteiger partial charge in [0.1, 0.15) is 22.0 Å². The third-order valence-electron chi connectivity index (χ3n) is 3.57. The van der Waals surface area contributed by atoms with Gasteiger partial charge in [-0.2, -0.15) is 5.10 Å². The summed E-state index contributed by atoms with van der Waals surface area (Å²) in [7, 11) is -2.42. The summed E-state index contributed by atoms with van der Waals surface area (Å²) in [6.45, 7) is 1.86.